The van der Waals surface area contributed by atoms with Gasteiger partial charge in [0.15, 0.2) is 0 Å². The molecular weight excluding hydrogens is 420 g/mol. The Balaban J connectivity index is 1.66. The van der Waals surface area contributed by atoms with Crippen LogP contribution < -0.4 is 15.6 Å². The number of aromatic nitrogens is 5. The number of rotatable bonds is 8. The van der Waals surface area contributed by atoms with Crippen molar-refractivity contribution in [2.45, 2.75) is 26.9 Å². The first-order valence-electron chi connectivity index (χ1n) is 10.7. The van der Waals surface area contributed by atoms with Crippen LogP contribution >= 0.6 is 0 Å². The fourth-order valence-corrected chi connectivity index (χ4v) is 3.49. The smallest absolute Gasteiger partial charge is 0.268 e. The Morgan fingerprint density at radius 1 is 1.09 bits per heavy atom. The number of pyridine rings is 1. The Hall–Kier alpha value is -3.85. The van der Waals surface area contributed by atoms with E-state index >= 15 is 0 Å². The molecule has 0 aliphatic rings. The summed E-state index contributed by atoms with van der Waals surface area (Å²) in [4.78, 5) is 21.1. The lowest BCUT2D eigenvalue weighted by molar-refractivity contribution is 0.413. The average molecular weight is 447 g/mol. The summed E-state index contributed by atoms with van der Waals surface area (Å²) in [5.41, 5.74) is 3.56. The molecule has 33 heavy (non-hydrogen) atoms. The Labute approximate surface area is 191 Å². The van der Waals surface area contributed by atoms with Crippen molar-refractivity contribution in [3.8, 4) is 40.0 Å². The van der Waals surface area contributed by atoms with Crippen molar-refractivity contribution < 1.29 is 9.15 Å². The van der Waals surface area contributed by atoms with E-state index in [4.69, 9.17) is 9.15 Å². The van der Waals surface area contributed by atoms with Crippen molar-refractivity contribution >= 4 is 0 Å². The number of ether oxygens (including phenoxy) is 1. The van der Waals surface area contributed by atoms with Gasteiger partial charge in [0.05, 0.1) is 30.8 Å². The highest BCUT2D eigenvalue weighted by Gasteiger charge is 2.17. The maximum Gasteiger partial charge on any atom is 0.268 e. The van der Waals surface area contributed by atoms with Gasteiger partial charge in [-0.2, -0.15) is 0 Å². The molecule has 170 valence electrons. The molecule has 0 aliphatic carbocycles. The zero-order valence-electron chi connectivity index (χ0n) is 19.1. The lowest BCUT2D eigenvalue weighted by atomic mass is 10.1. The van der Waals surface area contributed by atoms with E-state index in [0.717, 1.165) is 17.7 Å². The van der Waals surface area contributed by atoms with E-state index < -0.39 is 0 Å². The van der Waals surface area contributed by atoms with Gasteiger partial charge in [-0.05, 0) is 36.7 Å². The predicted molar refractivity (Wildman–Crippen MR) is 125 cm³/mol. The van der Waals surface area contributed by atoms with E-state index in [9.17, 15) is 4.79 Å². The van der Waals surface area contributed by atoms with Gasteiger partial charge < -0.3 is 19.0 Å². The number of methoxy groups -OCH3 is 1. The van der Waals surface area contributed by atoms with Crippen molar-refractivity contribution in [2.24, 2.45) is 5.92 Å². The number of benzene rings is 1. The third-order valence-electron chi connectivity index (χ3n) is 5.00. The molecule has 3 aromatic heterocycles. The van der Waals surface area contributed by atoms with Crippen molar-refractivity contribution in [1.82, 2.24) is 30.0 Å². The van der Waals surface area contributed by atoms with Gasteiger partial charge in [-0.15, -0.1) is 10.2 Å². The largest absolute Gasteiger partial charge is 0.496 e. The summed E-state index contributed by atoms with van der Waals surface area (Å²) in [7, 11) is 3.49. The highest BCUT2D eigenvalue weighted by atomic mass is 16.5. The van der Waals surface area contributed by atoms with Crippen LogP contribution in [0.2, 0.25) is 0 Å². The van der Waals surface area contributed by atoms with Crippen LogP contribution in [0.5, 0.6) is 5.75 Å². The number of nitrogens with zero attached hydrogens (tertiary/aromatic N) is 5. The summed E-state index contributed by atoms with van der Waals surface area (Å²) in [5.74, 6) is 1.56. The van der Waals surface area contributed by atoms with Gasteiger partial charge in [-0.1, -0.05) is 19.9 Å². The molecule has 0 fully saturated rings. The molecule has 0 amide bonds. The van der Waals surface area contributed by atoms with Crippen molar-refractivity contribution in [2.75, 3.05) is 14.2 Å². The van der Waals surface area contributed by atoms with Crippen molar-refractivity contribution in [1.29, 1.82) is 0 Å². The van der Waals surface area contributed by atoms with Gasteiger partial charge >= 0.3 is 0 Å². The minimum atomic E-state index is -0.0483. The molecule has 0 unspecified atom stereocenters. The Kier molecular flexibility index (Phi) is 6.60. The van der Waals surface area contributed by atoms with E-state index in [-0.39, 0.29) is 11.4 Å². The highest BCUT2D eigenvalue weighted by Crippen LogP contribution is 2.31. The maximum absolute atomic E-state index is 12.2. The molecule has 0 spiro atoms. The van der Waals surface area contributed by atoms with Crippen LogP contribution in [-0.2, 0) is 13.1 Å². The SMILES string of the molecule is CNCc1ccc(-c2nnc(-c3cncc(-c4ccc(=O)n(CC(C)C)c4)n3)o2)c(OC)c1. The zero-order valence-corrected chi connectivity index (χ0v) is 19.1. The molecule has 1 aromatic carbocycles. The van der Waals surface area contributed by atoms with Crippen LogP contribution in [0.4, 0.5) is 0 Å². The number of nitrogens with one attached hydrogen (secondary N) is 1. The lowest BCUT2D eigenvalue weighted by Gasteiger charge is -2.10. The highest BCUT2D eigenvalue weighted by molar-refractivity contribution is 5.65. The number of hydrogen-bond acceptors (Lipinski definition) is 8. The first kappa shape index (κ1) is 22.3. The molecule has 0 saturated carbocycles. The molecule has 9 heteroatoms. The summed E-state index contributed by atoms with van der Waals surface area (Å²) in [6, 6.07) is 9.08. The number of hydrogen-bond donors (Lipinski definition) is 1. The van der Waals surface area contributed by atoms with Gasteiger partial charge in [0.2, 0.25) is 0 Å². The second kappa shape index (κ2) is 9.74. The second-order valence-corrected chi connectivity index (χ2v) is 8.07. The normalized spacial score (nSPS) is 11.2. The van der Waals surface area contributed by atoms with Gasteiger partial charge in [-0.3, -0.25) is 9.78 Å². The quantitative estimate of drug-likeness (QED) is 0.439. The van der Waals surface area contributed by atoms with Gasteiger partial charge in [0.1, 0.15) is 11.4 Å². The monoisotopic (exact) mass is 446 g/mol. The lowest BCUT2D eigenvalue weighted by Crippen LogP contribution is -2.21. The molecule has 4 rings (SSSR count). The van der Waals surface area contributed by atoms with E-state index in [2.05, 4.69) is 39.3 Å². The Morgan fingerprint density at radius 3 is 2.64 bits per heavy atom. The summed E-state index contributed by atoms with van der Waals surface area (Å²) in [6.07, 6.45) is 5.01. The first-order valence-corrected chi connectivity index (χ1v) is 10.7. The fraction of sp³-hybridized carbons (Fsp3) is 0.292. The van der Waals surface area contributed by atoms with Crippen LogP contribution in [0.15, 0.2) is 58.1 Å². The van der Waals surface area contributed by atoms with E-state index in [1.807, 2.05) is 25.2 Å². The molecule has 0 atom stereocenters. The molecule has 1 N–H and O–H groups in total. The molecule has 0 bridgehead atoms. The topological polar surface area (TPSA) is 108 Å². The zero-order chi connectivity index (χ0) is 23.4. The average Bonchev–Trinajstić information content (AvgIpc) is 3.30. The van der Waals surface area contributed by atoms with E-state index in [1.54, 1.807) is 42.4 Å². The first-order chi connectivity index (χ1) is 16.0. The molecule has 0 aliphatic heterocycles. The fourth-order valence-electron chi connectivity index (χ4n) is 3.49. The molecule has 0 radical (unpaired) electrons. The van der Waals surface area contributed by atoms with Crippen LogP contribution in [0.3, 0.4) is 0 Å². The molecule has 4 aromatic rings. The Bertz CT molecular complexity index is 1310. The molecule has 0 saturated heterocycles. The van der Waals surface area contributed by atoms with Gasteiger partial charge in [0, 0.05) is 30.9 Å². The third kappa shape index (κ3) is 4.98. The van der Waals surface area contributed by atoms with Gasteiger partial charge in [0.25, 0.3) is 17.3 Å². The van der Waals surface area contributed by atoms with E-state index in [1.165, 1.54) is 0 Å². The minimum Gasteiger partial charge on any atom is -0.496 e. The third-order valence-corrected chi connectivity index (χ3v) is 5.00. The van der Waals surface area contributed by atoms with Crippen molar-refractivity contribution in [3.05, 3.63) is 64.8 Å². The minimum absolute atomic E-state index is 0.0483. The predicted octanol–water partition coefficient (Wildman–Crippen LogP) is 3.41. The van der Waals surface area contributed by atoms with E-state index in [0.29, 0.717) is 41.1 Å². The Morgan fingerprint density at radius 2 is 1.88 bits per heavy atom. The summed E-state index contributed by atoms with van der Waals surface area (Å²) in [5, 5.41) is 11.5. The molecule has 9 nitrogen and oxygen atoms in total. The molecule has 3 heterocycles. The second-order valence-electron chi connectivity index (χ2n) is 8.07. The van der Waals surface area contributed by atoms with Crippen LogP contribution in [-0.4, -0.2) is 38.9 Å². The van der Waals surface area contributed by atoms with Crippen LogP contribution in [0, 0.1) is 5.92 Å². The molecular formula is C24H26N6O3. The summed E-state index contributed by atoms with van der Waals surface area (Å²) >= 11 is 0. The van der Waals surface area contributed by atoms with Gasteiger partial charge in [-0.25, -0.2) is 4.98 Å². The van der Waals surface area contributed by atoms with Crippen LogP contribution in [0.1, 0.15) is 19.4 Å². The summed E-state index contributed by atoms with van der Waals surface area (Å²) in [6.45, 7) is 5.48. The van der Waals surface area contributed by atoms with Crippen LogP contribution in [0.25, 0.3) is 34.3 Å². The van der Waals surface area contributed by atoms with Crippen molar-refractivity contribution in [3.63, 3.8) is 0 Å². The summed E-state index contributed by atoms with van der Waals surface area (Å²) < 4.78 is 13.1. The maximum atomic E-state index is 12.2. The standard InChI is InChI=1S/C24H26N6O3/c1-15(2)13-30-14-17(6-8-22(30)31)19-11-26-12-20(27-19)24-29-28-23(33-24)18-7-5-16(10-25-3)9-21(18)32-4/h5-9,11-12,14-15,25H,10,13H2,1-4H3.